The normalized spacial score (nSPS) is 20.9. The van der Waals surface area contributed by atoms with Crippen LogP contribution in [0.1, 0.15) is 19.8 Å². The molecule has 6 heteroatoms. The Labute approximate surface area is 101 Å². The van der Waals surface area contributed by atoms with Gasteiger partial charge in [0.05, 0.1) is 18.6 Å². The summed E-state index contributed by atoms with van der Waals surface area (Å²) >= 11 is 0. The Morgan fingerprint density at radius 1 is 1.59 bits per heavy atom. The van der Waals surface area contributed by atoms with Crippen LogP contribution in [0, 0.1) is 5.92 Å². The van der Waals surface area contributed by atoms with Gasteiger partial charge in [-0.3, -0.25) is 4.79 Å². The van der Waals surface area contributed by atoms with Gasteiger partial charge in [-0.1, -0.05) is 6.92 Å². The highest BCUT2D eigenvalue weighted by Crippen LogP contribution is 2.10. The molecule has 1 saturated heterocycles. The van der Waals surface area contributed by atoms with Crippen LogP contribution in [0.3, 0.4) is 0 Å². The van der Waals surface area contributed by atoms with Crippen LogP contribution in [0.2, 0.25) is 0 Å². The number of carbonyl (C=O) groups excluding carboxylic acids is 1. The number of urea groups is 1. The molecule has 0 radical (unpaired) electrons. The number of hydrogen-bond acceptors (Lipinski definition) is 3. The maximum absolute atomic E-state index is 11.7. The first-order valence-corrected chi connectivity index (χ1v) is 5.87. The van der Waals surface area contributed by atoms with Gasteiger partial charge in [-0.2, -0.15) is 0 Å². The summed E-state index contributed by atoms with van der Waals surface area (Å²) in [5.74, 6) is -1.40. The quantitative estimate of drug-likeness (QED) is 0.739. The number of nitrogens with one attached hydrogen (secondary N) is 1. The molecule has 1 aliphatic heterocycles. The van der Waals surface area contributed by atoms with Crippen LogP contribution in [0.4, 0.5) is 4.79 Å². The number of rotatable bonds is 5. The summed E-state index contributed by atoms with van der Waals surface area (Å²) in [7, 11) is 1.70. The largest absolute Gasteiger partial charge is 0.481 e. The summed E-state index contributed by atoms with van der Waals surface area (Å²) in [4.78, 5) is 24.1. The van der Waals surface area contributed by atoms with Gasteiger partial charge in [-0.25, -0.2) is 4.79 Å². The molecule has 1 fully saturated rings. The molecular formula is C11H20N2O4. The molecule has 0 aliphatic carbocycles. The third-order valence-corrected chi connectivity index (χ3v) is 3.12. The van der Waals surface area contributed by atoms with Crippen LogP contribution in [0.15, 0.2) is 0 Å². The average Bonchev–Trinajstić information content (AvgIpc) is 2.81. The van der Waals surface area contributed by atoms with Gasteiger partial charge < -0.3 is 20.1 Å². The van der Waals surface area contributed by atoms with E-state index in [9.17, 15) is 9.59 Å². The zero-order valence-electron chi connectivity index (χ0n) is 10.3. The maximum atomic E-state index is 11.7. The first-order chi connectivity index (χ1) is 8.06. The molecular weight excluding hydrogens is 224 g/mol. The van der Waals surface area contributed by atoms with Crippen LogP contribution in [0.25, 0.3) is 0 Å². The SMILES string of the molecule is CCC(CNC(=O)N(C)C1CCOC1)C(=O)O. The molecule has 98 valence electrons. The Morgan fingerprint density at radius 2 is 2.29 bits per heavy atom. The molecule has 0 bridgehead atoms. The van der Waals surface area contributed by atoms with E-state index in [0.29, 0.717) is 19.6 Å². The zero-order valence-corrected chi connectivity index (χ0v) is 10.3. The minimum absolute atomic E-state index is 0.0971. The van der Waals surface area contributed by atoms with Gasteiger partial charge in [0, 0.05) is 20.2 Å². The van der Waals surface area contributed by atoms with Gasteiger partial charge in [-0.05, 0) is 12.8 Å². The number of likely N-dealkylation sites (N-methyl/N-ethyl adjacent to an activating group) is 1. The van der Waals surface area contributed by atoms with Gasteiger partial charge in [0.2, 0.25) is 0 Å². The van der Waals surface area contributed by atoms with Gasteiger partial charge >= 0.3 is 12.0 Å². The fourth-order valence-electron chi connectivity index (χ4n) is 1.73. The first kappa shape index (κ1) is 13.8. The maximum Gasteiger partial charge on any atom is 0.317 e. The van der Waals surface area contributed by atoms with Crippen molar-refractivity contribution in [1.29, 1.82) is 0 Å². The van der Waals surface area contributed by atoms with E-state index < -0.39 is 11.9 Å². The molecule has 1 aliphatic rings. The lowest BCUT2D eigenvalue weighted by Gasteiger charge is -2.24. The standard InChI is InChI=1S/C11H20N2O4/c1-3-8(10(14)15)6-12-11(16)13(2)9-4-5-17-7-9/h8-9H,3-7H2,1-2H3,(H,12,16)(H,14,15). The van der Waals surface area contributed by atoms with Crippen molar-refractivity contribution in [3.8, 4) is 0 Å². The predicted octanol–water partition coefficient (Wildman–Crippen LogP) is 0.527. The van der Waals surface area contributed by atoms with Gasteiger partial charge in [0.25, 0.3) is 0 Å². The van der Waals surface area contributed by atoms with E-state index in [-0.39, 0.29) is 18.6 Å². The predicted molar refractivity (Wildman–Crippen MR) is 61.8 cm³/mol. The number of aliphatic carboxylic acids is 1. The average molecular weight is 244 g/mol. The number of ether oxygens (including phenoxy) is 1. The number of amides is 2. The molecule has 2 unspecified atom stereocenters. The Hall–Kier alpha value is -1.30. The number of hydrogen-bond donors (Lipinski definition) is 2. The lowest BCUT2D eigenvalue weighted by atomic mass is 10.1. The Kier molecular flexibility index (Phi) is 5.21. The third kappa shape index (κ3) is 3.89. The van der Waals surface area contributed by atoms with Crippen LogP contribution in [0.5, 0.6) is 0 Å². The highest BCUT2D eigenvalue weighted by molar-refractivity contribution is 5.76. The highest BCUT2D eigenvalue weighted by atomic mass is 16.5. The van der Waals surface area contributed by atoms with Crippen molar-refractivity contribution in [1.82, 2.24) is 10.2 Å². The molecule has 2 atom stereocenters. The Morgan fingerprint density at radius 3 is 2.76 bits per heavy atom. The number of carboxylic acids is 1. The molecule has 0 aromatic heterocycles. The lowest BCUT2D eigenvalue weighted by Crippen LogP contribution is -2.45. The highest BCUT2D eigenvalue weighted by Gasteiger charge is 2.25. The number of carboxylic acid groups (broad SMARTS) is 1. The summed E-state index contributed by atoms with van der Waals surface area (Å²) in [6.07, 6.45) is 1.34. The fourth-order valence-corrected chi connectivity index (χ4v) is 1.73. The van der Waals surface area contributed by atoms with E-state index in [1.54, 1.807) is 18.9 Å². The minimum Gasteiger partial charge on any atom is -0.481 e. The summed E-state index contributed by atoms with van der Waals surface area (Å²) in [5.41, 5.74) is 0. The summed E-state index contributed by atoms with van der Waals surface area (Å²) < 4.78 is 5.20. The molecule has 1 heterocycles. The van der Waals surface area contributed by atoms with Gasteiger partial charge in [0.15, 0.2) is 0 Å². The van der Waals surface area contributed by atoms with Crippen molar-refractivity contribution in [2.75, 3.05) is 26.8 Å². The fraction of sp³-hybridized carbons (Fsp3) is 0.818. The third-order valence-electron chi connectivity index (χ3n) is 3.12. The van der Waals surface area contributed by atoms with Crippen molar-refractivity contribution in [2.24, 2.45) is 5.92 Å². The first-order valence-electron chi connectivity index (χ1n) is 5.87. The van der Waals surface area contributed by atoms with E-state index >= 15 is 0 Å². The van der Waals surface area contributed by atoms with Gasteiger partial charge in [0.1, 0.15) is 0 Å². The van der Waals surface area contributed by atoms with E-state index in [0.717, 1.165) is 6.42 Å². The molecule has 17 heavy (non-hydrogen) atoms. The van der Waals surface area contributed by atoms with Crippen molar-refractivity contribution in [2.45, 2.75) is 25.8 Å². The molecule has 0 aromatic rings. The summed E-state index contributed by atoms with van der Waals surface area (Å²) in [6.45, 7) is 3.19. The molecule has 0 spiro atoms. The molecule has 0 saturated carbocycles. The minimum atomic E-state index is -0.875. The van der Waals surface area contributed by atoms with Crippen molar-refractivity contribution in [3.63, 3.8) is 0 Å². The zero-order chi connectivity index (χ0) is 12.8. The molecule has 6 nitrogen and oxygen atoms in total. The molecule has 1 rings (SSSR count). The topological polar surface area (TPSA) is 78.9 Å². The number of nitrogens with zero attached hydrogens (tertiary/aromatic N) is 1. The Balaban J connectivity index is 2.35. The van der Waals surface area contributed by atoms with E-state index in [2.05, 4.69) is 5.32 Å². The molecule has 0 aromatic carbocycles. The van der Waals surface area contributed by atoms with Crippen LogP contribution >= 0.6 is 0 Å². The van der Waals surface area contributed by atoms with E-state index in [4.69, 9.17) is 9.84 Å². The van der Waals surface area contributed by atoms with Crippen molar-refractivity contribution >= 4 is 12.0 Å². The van der Waals surface area contributed by atoms with Crippen LogP contribution in [-0.2, 0) is 9.53 Å². The molecule has 2 N–H and O–H groups in total. The second kappa shape index (κ2) is 6.44. The lowest BCUT2D eigenvalue weighted by molar-refractivity contribution is -0.141. The van der Waals surface area contributed by atoms with Crippen LogP contribution < -0.4 is 5.32 Å². The van der Waals surface area contributed by atoms with E-state index in [1.165, 1.54) is 0 Å². The van der Waals surface area contributed by atoms with E-state index in [1.807, 2.05) is 0 Å². The van der Waals surface area contributed by atoms with Crippen LogP contribution in [-0.4, -0.2) is 54.9 Å². The molecule has 2 amide bonds. The number of carbonyl (C=O) groups is 2. The van der Waals surface area contributed by atoms with Gasteiger partial charge in [-0.15, -0.1) is 0 Å². The summed E-state index contributed by atoms with van der Waals surface area (Å²) in [6, 6.07) is -0.139. The second-order valence-electron chi connectivity index (χ2n) is 4.26. The monoisotopic (exact) mass is 244 g/mol. The summed E-state index contributed by atoms with van der Waals surface area (Å²) in [5, 5.41) is 11.5. The smallest absolute Gasteiger partial charge is 0.317 e. The second-order valence-corrected chi connectivity index (χ2v) is 4.26. The van der Waals surface area contributed by atoms with Crippen molar-refractivity contribution in [3.05, 3.63) is 0 Å². The van der Waals surface area contributed by atoms with Crippen molar-refractivity contribution < 1.29 is 19.4 Å². The Bertz CT molecular complexity index is 277.